The molecule has 17 heavy (non-hydrogen) atoms. The van der Waals surface area contributed by atoms with Gasteiger partial charge in [-0.3, -0.25) is 0 Å². The molecule has 0 rings (SSSR count). The topological polar surface area (TPSA) is 51.5 Å². The Balaban J connectivity index is 4.11. The molecule has 8 heteroatoms. The van der Waals surface area contributed by atoms with E-state index >= 15 is 0 Å². The average Bonchev–Trinajstić information content (AvgIpc) is 2.33. The van der Waals surface area contributed by atoms with Gasteiger partial charge in [-0.2, -0.15) is 5.26 Å². The highest BCUT2D eigenvalue weighted by Gasteiger charge is 2.37. The van der Waals surface area contributed by atoms with Crippen molar-refractivity contribution < 1.29 is 13.3 Å². The van der Waals surface area contributed by atoms with Gasteiger partial charge >= 0.3 is 8.80 Å². The molecule has 0 radical (unpaired) electrons. The molecule has 0 aliphatic heterocycles. The minimum atomic E-state index is -2.51. The van der Waals surface area contributed by atoms with Crippen LogP contribution in [-0.2, 0) is 13.3 Å². The number of thiocarbonyl (C=S) groups is 1. The normalized spacial score (nSPS) is 13.1. The number of hydrogen-bond acceptors (Lipinski definition) is 6. The molecule has 0 amide bonds. The molecule has 0 spiro atoms. The summed E-state index contributed by atoms with van der Waals surface area (Å²) in [7, 11) is 2.24. The molecular weight excluding hydrogens is 294 g/mol. The fourth-order valence-corrected chi connectivity index (χ4v) is 4.39. The lowest BCUT2D eigenvalue weighted by Gasteiger charge is -2.24. The van der Waals surface area contributed by atoms with Crippen LogP contribution in [0.3, 0.4) is 0 Å². The van der Waals surface area contributed by atoms with Crippen LogP contribution in [0.15, 0.2) is 0 Å². The number of thiol groups is 1. The lowest BCUT2D eigenvalue weighted by molar-refractivity contribution is 0.123. The molecule has 98 valence electrons. The molecule has 0 saturated carbocycles. The second kappa shape index (κ2) is 9.33. The minimum Gasteiger partial charge on any atom is -0.377 e. The van der Waals surface area contributed by atoms with Gasteiger partial charge in [-0.25, -0.2) is 0 Å². The van der Waals surface area contributed by atoms with Gasteiger partial charge in [-0.15, -0.1) is 12.6 Å². The first-order valence-corrected chi connectivity index (χ1v) is 8.65. The zero-order valence-corrected chi connectivity index (χ0v) is 13.7. The number of hydrogen-bond donors (Lipinski definition) is 1. The molecule has 4 nitrogen and oxygen atoms in total. The highest BCUT2D eigenvalue weighted by molar-refractivity contribution is 8.41. The monoisotopic (exact) mass is 311 g/mol. The van der Waals surface area contributed by atoms with E-state index < -0.39 is 8.80 Å². The van der Waals surface area contributed by atoms with Gasteiger partial charge < -0.3 is 13.3 Å². The van der Waals surface area contributed by atoms with Crippen molar-refractivity contribution in [2.75, 3.05) is 21.3 Å². The molecule has 0 N–H and O–H groups in total. The van der Waals surface area contributed by atoms with Gasteiger partial charge in [0, 0.05) is 27.4 Å². The van der Waals surface area contributed by atoms with Crippen LogP contribution in [0.5, 0.6) is 0 Å². The van der Waals surface area contributed by atoms with Gasteiger partial charge in [-0.1, -0.05) is 24.0 Å². The molecule has 0 aromatic carbocycles. The van der Waals surface area contributed by atoms with Crippen molar-refractivity contribution in [1.82, 2.24) is 0 Å². The second-order valence-electron chi connectivity index (χ2n) is 3.19. The van der Waals surface area contributed by atoms with Crippen LogP contribution in [0.25, 0.3) is 0 Å². The van der Waals surface area contributed by atoms with E-state index in [1.807, 2.05) is 0 Å². The zero-order chi connectivity index (χ0) is 13.3. The van der Waals surface area contributed by atoms with Gasteiger partial charge in [0.15, 0.2) is 0 Å². The fourth-order valence-electron chi connectivity index (χ4n) is 1.33. The smallest absolute Gasteiger partial charge is 0.377 e. The Morgan fingerprint density at radius 3 is 2.29 bits per heavy atom. The third-order valence-electron chi connectivity index (χ3n) is 2.27. The Bertz CT molecular complexity index is 273. The van der Waals surface area contributed by atoms with Gasteiger partial charge in [0.05, 0.1) is 11.3 Å². The molecular formula is C9H17NO3S3Si. The third-order valence-corrected chi connectivity index (χ3v) is 6.53. The van der Waals surface area contributed by atoms with Crippen molar-refractivity contribution in [3.05, 3.63) is 0 Å². The van der Waals surface area contributed by atoms with E-state index in [9.17, 15) is 0 Å². The number of thioether (sulfide) groups is 1. The summed E-state index contributed by atoms with van der Waals surface area (Å²) in [5, 5.41) is 8.76. The average molecular weight is 312 g/mol. The largest absolute Gasteiger partial charge is 0.500 e. The van der Waals surface area contributed by atoms with Crippen LogP contribution in [-0.4, -0.2) is 38.9 Å². The van der Waals surface area contributed by atoms with Crippen molar-refractivity contribution >= 4 is 48.9 Å². The molecule has 0 fully saturated rings. The summed E-state index contributed by atoms with van der Waals surface area (Å²) in [5.41, 5.74) is 0. The van der Waals surface area contributed by atoms with E-state index in [-0.39, 0.29) is 5.25 Å². The highest BCUT2D eigenvalue weighted by Crippen LogP contribution is 2.23. The first-order valence-electron chi connectivity index (χ1n) is 4.98. The maximum absolute atomic E-state index is 8.93. The van der Waals surface area contributed by atoms with Crippen LogP contribution < -0.4 is 0 Å². The van der Waals surface area contributed by atoms with Crippen molar-refractivity contribution in [2.24, 2.45) is 0 Å². The maximum atomic E-state index is 8.93. The minimum absolute atomic E-state index is 0.169. The molecule has 0 saturated heterocycles. The van der Waals surface area contributed by atoms with Crippen molar-refractivity contribution in [3.8, 4) is 6.07 Å². The van der Waals surface area contributed by atoms with Crippen LogP contribution in [0.4, 0.5) is 0 Å². The maximum Gasteiger partial charge on any atom is 0.500 e. The van der Waals surface area contributed by atoms with Crippen LogP contribution in [0, 0.1) is 11.3 Å². The van der Waals surface area contributed by atoms with Gasteiger partial charge in [0.25, 0.3) is 0 Å². The fraction of sp³-hybridized carbons (Fsp3) is 0.778. The summed E-state index contributed by atoms with van der Waals surface area (Å²) in [4.78, 5) is 0. The van der Waals surface area contributed by atoms with E-state index in [0.717, 1.165) is 6.42 Å². The summed E-state index contributed by atoms with van der Waals surface area (Å²) in [5.74, 6) is 0. The Morgan fingerprint density at radius 2 is 1.94 bits per heavy atom. The summed E-state index contributed by atoms with van der Waals surface area (Å²) in [6.07, 6.45) is 1.51. The Kier molecular flexibility index (Phi) is 9.53. The van der Waals surface area contributed by atoms with E-state index in [0.29, 0.717) is 16.0 Å². The van der Waals surface area contributed by atoms with Crippen molar-refractivity contribution in [3.63, 3.8) is 0 Å². The van der Waals surface area contributed by atoms with Crippen LogP contribution in [0.1, 0.15) is 12.8 Å². The Hall–Kier alpha value is 0.377. The van der Waals surface area contributed by atoms with E-state index in [4.69, 9.17) is 30.8 Å². The highest BCUT2D eigenvalue weighted by atomic mass is 32.2. The van der Waals surface area contributed by atoms with Crippen LogP contribution >= 0.6 is 36.6 Å². The zero-order valence-electron chi connectivity index (χ0n) is 10.1. The molecule has 0 aromatic rings. The van der Waals surface area contributed by atoms with Gasteiger partial charge in [0.2, 0.25) is 0 Å². The molecule has 0 heterocycles. The van der Waals surface area contributed by atoms with Crippen molar-refractivity contribution in [1.29, 1.82) is 5.26 Å². The first-order chi connectivity index (χ1) is 8.03. The summed E-state index contributed by atoms with van der Waals surface area (Å²) >= 11 is 10.1. The first kappa shape index (κ1) is 17.4. The summed E-state index contributed by atoms with van der Waals surface area (Å²) < 4.78 is 16.4. The molecule has 0 aromatic heterocycles. The Morgan fingerprint density at radius 1 is 1.41 bits per heavy atom. The molecule has 1 atom stereocenters. The third kappa shape index (κ3) is 6.76. The summed E-state index contributed by atoms with van der Waals surface area (Å²) in [6.45, 7) is 0. The molecule has 0 aliphatic rings. The molecule has 0 bridgehead atoms. The molecule has 0 aliphatic carbocycles. The summed E-state index contributed by atoms with van der Waals surface area (Å²) in [6, 6.07) is 2.88. The number of nitrogens with zero attached hydrogens (tertiary/aromatic N) is 1. The number of nitriles is 1. The van der Waals surface area contributed by atoms with Crippen molar-refractivity contribution in [2.45, 2.75) is 24.1 Å². The van der Waals surface area contributed by atoms with Gasteiger partial charge in [0.1, 0.15) is 3.53 Å². The predicted octanol–water partition coefficient (Wildman–Crippen LogP) is 2.48. The SMILES string of the molecule is CO[Si](CCCC(C#N)SC(=S)S)(OC)OC. The molecule has 1 unspecified atom stereocenters. The van der Waals surface area contributed by atoms with E-state index in [1.54, 1.807) is 21.3 Å². The second-order valence-corrected chi connectivity index (χ2v) is 9.21. The lowest BCUT2D eigenvalue weighted by Crippen LogP contribution is -2.42. The predicted molar refractivity (Wildman–Crippen MR) is 79.4 cm³/mol. The van der Waals surface area contributed by atoms with E-state index in [1.165, 1.54) is 11.8 Å². The van der Waals surface area contributed by atoms with E-state index in [2.05, 4.69) is 18.7 Å². The van der Waals surface area contributed by atoms with Crippen LogP contribution in [0.2, 0.25) is 6.04 Å². The lowest BCUT2D eigenvalue weighted by atomic mass is 10.3. The standard InChI is InChI=1S/C9H17NO3S3Si/c1-11-17(12-2,13-3)6-4-5-8(7-10)16-9(14)15/h8H,4-6H2,1-3H3,(H,14,15). The Labute approximate surface area is 119 Å². The number of rotatable bonds is 8. The van der Waals surface area contributed by atoms with Gasteiger partial charge in [-0.05, 0) is 12.8 Å². The quantitative estimate of drug-likeness (QED) is 0.422.